The van der Waals surface area contributed by atoms with E-state index in [0.717, 1.165) is 0 Å². The molecule has 62 valence electrons. The molecule has 0 heterocycles. The van der Waals surface area contributed by atoms with E-state index < -0.39 is 11.7 Å². The van der Waals surface area contributed by atoms with Crippen molar-refractivity contribution >= 4 is 0 Å². The van der Waals surface area contributed by atoms with Gasteiger partial charge < -0.3 is 15.9 Å². The van der Waals surface area contributed by atoms with Gasteiger partial charge in [-0.1, -0.05) is 24.3 Å². The van der Waals surface area contributed by atoms with Crippen LogP contribution in [0.25, 0.3) is 0 Å². The molecule has 0 aromatic heterocycles. The second-order valence-electron chi connectivity index (χ2n) is 2.73. The van der Waals surface area contributed by atoms with Gasteiger partial charge in [0.1, 0.15) is 5.60 Å². The van der Waals surface area contributed by atoms with Crippen LogP contribution in [0, 0.1) is 0 Å². The number of nitrogens with two attached hydrogens (primary N) is 1. The molecule has 0 radical (unpaired) electrons. The quantitative estimate of drug-likeness (QED) is 0.506. The van der Waals surface area contributed by atoms with Crippen LogP contribution in [0.1, 0.15) is 6.42 Å². The van der Waals surface area contributed by atoms with Crippen molar-refractivity contribution in [1.82, 2.24) is 0 Å². The zero-order valence-electron chi connectivity index (χ0n) is 6.27. The lowest BCUT2D eigenvalue weighted by atomic mass is 9.89. The molecule has 2 unspecified atom stereocenters. The van der Waals surface area contributed by atoms with Crippen LogP contribution >= 0.6 is 0 Å². The van der Waals surface area contributed by atoms with E-state index in [1.807, 2.05) is 6.08 Å². The number of hydrogen-bond donors (Lipinski definition) is 3. The first-order valence-corrected chi connectivity index (χ1v) is 3.64. The van der Waals surface area contributed by atoms with Crippen molar-refractivity contribution < 1.29 is 10.2 Å². The van der Waals surface area contributed by atoms with Gasteiger partial charge in [0, 0.05) is 13.0 Å². The van der Waals surface area contributed by atoms with Crippen LogP contribution in [0.3, 0.4) is 0 Å². The Kier molecular flexibility index (Phi) is 2.44. The number of hydrogen-bond acceptors (Lipinski definition) is 3. The second kappa shape index (κ2) is 3.17. The maximum atomic E-state index is 9.67. The van der Waals surface area contributed by atoms with E-state index in [1.54, 1.807) is 18.2 Å². The molecular weight excluding hydrogens is 142 g/mol. The molecule has 0 saturated heterocycles. The van der Waals surface area contributed by atoms with Crippen LogP contribution in [-0.2, 0) is 0 Å². The summed E-state index contributed by atoms with van der Waals surface area (Å²) in [5.74, 6) is 0. The van der Waals surface area contributed by atoms with Gasteiger partial charge >= 0.3 is 0 Å². The van der Waals surface area contributed by atoms with Gasteiger partial charge in [-0.2, -0.15) is 0 Å². The van der Waals surface area contributed by atoms with Crippen LogP contribution in [-0.4, -0.2) is 28.5 Å². The zero-order chi connectivity index (χ0) is 8.32. The molecular formula is C8H13NO2. The Morgan fingerprint density at radius 1 is 1.55 bits per heavy atom. The predicted molar refractivity (Wildman–Crippen MR) is 42.9 cm³/mol. The fourth-order valence-corrected chi connectivity index (χ4v) is 1.08. The van der Waals surface area contributed by atoms with Crippen molar-refractivity contribution in [2.75, 3.05) is 6.54 Å². The molecule has 1 aliphatic carbocycles. The van der Waals surface area contributed by atoms with Crippen LogP contribution in [0.15, 0.2) is 24.3 Å². The molecule has 11 heavy (non-hydrogen) atoms. The summed E-state index contributed by atoms with van der Waals surface area (Å²) < 4.78 is 0. The average molecular weight is 155 g/mol. The molecule has 0 spiro atoms. The Morgan fingerprint density at radius 2 is 2.27 bits per heavy atom. The first-order valence-electron chi connectivity index (χ1n) is 3.64. The summed E-state index contributed by atoms with van der Waals surface area (Å²) in [6.45, 7) is 0.0781. The van der Waals surface area contributed by atoms with Gasteiger partial charge in [-0.15, -0.1) is 0 Å². The Balaban J connectivity index is 2.67. The predicted octanol–water partition coefficient (Wildman–Crippen LogP) is -0.447. The normalized spacial score (nSPS) is 32.3. The van der Waals surface area contributed by atoms with Crippen LogP contribution < -0.4 is 5.73 Å². The van der Waals surface area contributed by atoms with Gasteiger partial charge in [-0.25, -0.2) is 0 Å². The minimum atomic E-state index is -1.15. The van der Waals surface area contributed by atoms with E-state index in [-0.39, 0.29) is 6.54 Å². The third-order valence-electron chi connectivity index (χ3n) is 1.88. The van der Waals surface area contributed by atoms with Gasteiger partial charge in [0.2, 0.25) is 0 Å². The summed E-state index contributed by atoms with van der Waals surface area (Å²) in [5.41, 5.74) is 4.07. The van der Waals surface area contributed by atoms with Gasteiger partial charge in [-0.05, 0) is 0 Å². The van der Waals surface area contributed by atoms with Crippen molar-refractivity contribution in [2.45, 2.75) is 18.1 Å². The molecule has 3 heteroatoms. The third kappa shape index (κ3) is 1.68. The molecule has 1 aliphatic rings. The molecule has 0 amide bonds. The molecule has 0 fully saturated rings. The van der Waals surface area contributed by atoms with Crippen molar-refractivity contribution in [1.29, 1.82) is 0 Å². The SMILES string of the molecule is NCC(O)C1(O)C=CC=CC1. The Morgan fingerprint density at radius 3 is 2.73 bits per heavy atom. The van der Waals surface area contributed by atoms with E-state index in [4.69, 9.17) is 5.73 Å². The monoisotopic (exact) mass is 155 g/mol. The van der Waals surface area contributed by atoms with E-state index in [0.29, 0.717) is 6.42 Å². The second-order valence-corrected chi connectivity index (χ2v) is 2.73. The Labute approximate surface area is 65.8 Å². The number of allylic oxidation sites excluding steroid dienone is 2. The van der Waals surface area contributed by atoms with Gasteiger partial charge in [0.15, 0.2) is 0 Å². The summed E-state index contributed by atoms with van der Waals surface area (Å²) in [6, 6.07) is 0. The molecule has 4 N–H and O–H groups in total. The van der Waals surface area contributed by atoms with Crippen molar-refractivity contribution in [3.63, 3.8) is 0 Å². The lowest BCUT2D eigenvalue weighted by Gasteiger charge is -2.29. The van der Waals surface area contributed by atoms with Crippen molar-refractivity contribution in [2.24, 2.45) is 5.73 Å². The number of rotatable bonds is 2. The minimum Gasteiger partial charge on any atom is -0.388 e. The first-order chi connectivity index (χ1) is 5.19. The highest BCUT2D eigenvalue weighted by atomic mass is 16.3. The molecule has 0 aliphatic heterocycles. The standard InChI is InChI=1S/C8H13NO2/c9-6-7(10)8(11)4-2-1-3-5-8/h1-4,7,10-11H,5-6,9H2. The first kappa shape index (κ1) is 8.46. The van der Waals surface area contributed by atoms with Crippen LogP contribution in [0.2, 0.25) is 0 Å². The maximum absolute atomic E-state index is 9.67. The number of aliphatic hydroxyl groups excluding tert-OH is 1. The Hall–Kier alpha value is -0.640. The van der Waals surface area contributed by atoms with Gasteiger partial charge in [-0.3, -0.25) is 0 Å². The molecule has 0 bridgehead atoms. The summed E-state index contributed by atoms with van der Waals surface area (Å²) in [7, 11) is 0. The zero-order valence-corrected chi connectivity index (χ0v) is 6.27. The fourth-order valence-electron chi connectivity index (χ4n) is 1.08. The summed E-state index contributed by atoms with van der Waals surface area (Å²) in [4.78, 5) is 0. The highest BCUT2D eigenvalue weighted by Crippen LogP contribution is 2.20. The lowest BCUT2D eigenvalue weighted by molar-refractivity contribution is -0.0324. The molecule has 2 atom stereocenters. The maximum Gasteiger partial charge on any atom is 0.113 e. The fraction of sp³-hybridized carbons (Fsp3) is 0.500. The minimum absolute atomic E-state index is 0.0781. The molecule has 1 rings (SSSR count). The molecule has 0 aromatic carbocycles. The molecule has 3 nitrogen and oxygen atoms in total. The van der Waals surface area contributed by atoms with Gasteiger partial charge in [0.05, 0.1) is 6.10 Å². The average Bonchev–Trinajstić information content (AvgIpc) is 2.04. The summed E-state index contributed by atoms with van der Waals surface area (Å²) in [5, 5.41) is 19.0. The smallest absolute Gasteiger partial charge is 0.113 e. The lowest BCUT2D eigenvalue weighted by Crippen LogP contribution is -2.45. The summed E-state index contributed by atoms with van der Waals surface area (Å²) >= 11 is 0. The van der Waals surface area contributed by atoms with Gasteiger partial charge in [0.25, 0.3) is 0 Å². The van der Waals surface area contributed by atoms with Crippen molar-refractivity contribution in [3.8, 4) is 0 Å². The highest BCUT2D eigenvalue weighted by Gasteiger charge is 2.31. The van der Waals surface area contributed by atoms with Crippen LogP contribution in [0.5, 0.6) is 0 Å². The molecule has 0 aromatic rings. The van der Waals surface area contributed by atoms with E-state index in [1.165, 1.54) is 0 Å². The Bertz CT molecular complexity index is 189. The van der Waals surface area contributed by atoms with Crippen molar-refractivity contribution in [3.05, 3.63) is 24.3 Å². The highest BCUT2D eigenvalue weighted by molar-refractivity contribution is 5.19. The largest absolute Gasteiger partial charge is 0.388 e. The van der Waals surface area contributed by atoms with E-state index >= 15 is 0 Å². The third-order valence-corrected chi connectivity index (χ3v) is 1.88. The van der Waals surface area contributed by atoms with Crippen LogP contribution in [0.4, 0.5) is 0 Å². The summed E-state index contributed by atoms with van der Waals surface area (Å²) in [6.07, 6.45) is 6.48. The van der Waals surface area contributed by atoms with E-state index in [2.05, 4.69) is 0 Å². The number of aliphatic hydroxyl groups is 2. The molecule has 0 saturated carbocycles. The van der Waals surface area contributed by atoms with E-state index in [9.17, 15) is 10.2 Å². The topological polar surface area (TPSA) is 66.5 Å².